The molecule has 7 nitrogen and oxygen atoms in total. The standard InChI is InChI=1S/C17H13ClF2N2O5/c1-9(27-16(23)8-11-12(18)3-2-4-13(11)19)17(24)21-10-5-6-14(20)15(7-10)22(25)26/h2-7,9H,8H2,1H3,(H,21,24)/t9-/m0/s1. The van der Waals surface area contributed by atoms with Crippen molar-refractivity contribution < 1.29 is 28.0 Å². The molecule has 10 heteroatoms. The van der Waals surface area contributed by atoms with Crippen LogP contribution in [0.2, 0.25) is 5.02 Å². The Kier molecular flexibility index (Phi) is 6.40. The summed E-state index contributed by atoms with van der Waals surface area (Å²) in [5.74, 6) is -3.44. The Balaban J connectivity index is 2.00. The van der Waals surface area contributed by atoms with Gasteiger partial charge in [0.05, 0.1) is 11.3 Å². The van der Waals surface area contributed by atoms with Crippen LogP contribution in [-0.4, -0.2) is 22.9 Å². The third-order valence-corrected chi connectivity index (χ3v) is 3.82. The second-order valence-corrected chi connectivity index (χ2v) is 5.83. The van der Waals surface area contributed by atoms with Crippen LogP contribution in [0.25, 0.3) is 0 Å². The van der Waals surface area contributed by atoms with Crippen LogP contribution in [0.1, 0.15) is 12.5 Å². The number of carbonyl (C=O) groups excluding carboxylic acids is 2. The van der Waals surface area contributed by atoms with Crippen molar-refractivity contribution in [3.63, 3.8) is 0 Å². The summed E-state index contributed by atoms with van der Waals surface area (Å²) < 4.78 is 31.9. The van der Waals surface area contributed by atoms with E-state index in [4.69, 9.17) is 16.3 Å². The van der Waals surface area contributed by atoms with Gasteiger partial charge in [0, 0.05) is 22.3 Å². The Morgan fingerprint density at radius 1 is 1.26 bits per heavy atom. The van der Waals surface area contributed by atoms with Gasteiger partial charge >= 0.3 is 11.7 Å². The fourth-order valence-corrected chi connectivity index (χ4v) is 2.34. The number of nitro groups is 1. The number of nitro benzene ring substituents is 1. The van der Waals surface area contributed by atoms with E-state index in [1.807, 2.05) is 0 Å². The number of carbonyl (C=O) groups is 2. The second kappa shape index (κ2) is 8.54. The fourth-order valence-electron chi connectivity index (χ4n) is 2.11. The van der Waals surface area contributed by atoms with E-state index < -0.39 is 46.6 Å². The molecule has 0 aliphatic carbocycles. The molecule has 0 aliphatic rings. The first-order chi connectivity index (χ1) is 12.7. The smallest absolute Gasteiger partial charge is 0.311 e. The highest BCUT2D eigenvalue weighted by Crippen LogP contribution is 2.22. The molecule has 0 aromatic heterocycles. The molecule has 0 heterocycles. The zero-order chi connectivity index (χ0) is 20.1. The van der Waals surface area contributed by atoms with Gasteiger partial charge in [-0.25, -0.2) is 4.39 Å². The average molecular weight is 399 g/mol. The van der Waals surface area contributed by atoms with Crippen LogP contribution in [0.15, 0.2) is 36.4 Å². The van der Waals surface area contributed by atoms with E-state index >= 15 is 0 Å². The molecule has 142 valence electrons. The molecule has 0 saturated heterocycles. The zero-order valence-electron chi connectivity index (χ0n) is 13.9. The van der Waals surface area contributed by atoms with Gasteiger partial charge in [-0.1, -0.05) is 17.7 Å². The lowest BCUT2D eigenvalue weighted by Gasteiger charge is -2.14. The van der Waals surface area contributed by atoms with Crippen LogP contribution < -0.4 is 5.32 Å². The van der Waals surface area contributed by atoms with Gasteiger partial charge in [-0.3, -0.25) is 19.7 Å². The molecule has 1 atom stereocenters. The van der Waals surface area contributed by atoms with Gasteiger partial charge in [0.2, 0.25) is 5.82 Å². The zero-order valence-corrected chi connectivity index (χ0v) is 14.6. The lowest BCUT2D eigenvalue weighted by molar-refractivity contribution is -0.387. The molecule has 1 N–H and O–H groups in total. The highest BCUT2D eigenvalue weighted by molar-refractivity contribution is 6.31. The lowest BCUT2D eigenvalue weighted by Crippen LogP contribution is -2.30. The molecule has 0 fully saturated rings. The quantitative estimate of drug-likeness (QED) is 0.455. The molecule has 0 unspecified atom stereocenters. The molecular weight excluding hydrogens is 386 g/mol. The first-order valence-corrected chi connectivity index (χ1v) is 7.94. The molecule has 0 aliphatic heterocycles. The number of nitrogens with zero attached hydrogens (tertiary/aromatic N) is 1. The number of nitrogens with one attached hydrogen (secondary N) is 1. The van der Waals surface area contributed by atoms with Crippen LogP contribution >= 0.6 is 11.6 Å². The molecular formula is C17H13ClF2N2O5. The molecule has 0 radical (unpaired) electrons. The minimum Gasteiger partial charge on any atom is -0.452 e. The SMILES string of the molecule is C[C@H](OC(=O)Cc1c(F)cccc1Cl)C(=O)Nc1ccc(F)c([N+](=O)[O-])c1. The average Bonchev–Trinajstić information content (AvgIpc) is 2.59. The number of halogens is 3. The molecule has 2 rings (SSSR count). The molecule has 0 spiro atoms. The fraction of sp³-hybridized carbons (Fsp3) is 0.176. The van der Waals surface area contributed by atoms with Crippen LogP contribution in [0.3, 0.4) is 0 Å². The highest BCUT2D eigenvalue weighted by atomic mass is 35.5. The number of rotatable bonds is 6. The number of benzene rings is 2. The Morgan fingerprint density at radius 3 is 2.59 bits per heavy atom. The van der Waals surface area contributed by atoms with Crippen LogP contribution in [0.5, 0.6) is 0 Å². The summed E-state index contributed by atoms with van der Waals surface area (Å²) in [4.78, 5) is 33.7. The Hall–Kier alpha value is -3.07. The number of hydrogen-bond acceptors (Lipinski definition) is 5. The van der Waals surface area contributed by atoms with Gasteiger partial charge in [-0.2, -0.15) is 4.39 Å². The van der Waals surface area contributed by atoms with E-state index in [1.165, 1.54) is 19.1 Å². The van der Waals surface area contributed by atoms with Gasteiger partial charge in [0.1, 0.15) is 5.82 Å². The van der Waals surface area contributed by atoms with Gasteiger partial charge in [-0.15, -0.1) is 0 Å². The monoisotopic (exact) mass is 398 g/mol. The number of esters is 1. The number of ether oxygens (including phenoxy) is 1. The first-order valence-electron chi connectivity index (χ1n) is 7.56. The van der Waals surface area contributed by atoms with Crippen molar-refractivity contribution in [3.05, 3.63) is 68.7 Å². The van der Waals surface area contributed by atoms with E-state index in [2.05, 4.69) is 5.32 Å². The summed E-state index contributed by atoms with van der Waals surface area (Å²) in [5.41, 5.74) is -0.925. The Bertz CT molecular complexity index is 887. The van der Waals surface area contributed by atoms with E-state index in [9.17, 15) is 28.5 Å². The summed E-state index contributed by atoms with van der Waals surface area (Å²) in [6.07, 6.45) is -1.77. The normalized spacial score (nSPS) is 11.6. The summed E-state index contributed by atoms with van der Waals surface area (Å²) >= 11 is 5.82. The van der Waals surface area contributed by atoms with Gasteiger partial charge in [0.15, 0.2) is 6.10 Å². The lowest BCUT2D eigenvalue weighted by atomic mass is 10.1. The first kappa shape index (κ1) is 20.2. The maximum atomic E-state index is 13.7. The summed E-state index contributed by atoms with van der Waals surface area (Å²) in [5, 5.41) is 13.0. The van der Waals surface area contributed by atoms with Crippen molar-refractivity contribution in [2.75, 3.05) is 5.32 Å². The number of hydrogen-bond donors (Lipinski definition) is 1. The van der Waals surface area contributed by atoms with E-state index in [1.54, 1.807) is 0 Å². The van der Waals surface area contributed by atoms with E-state index in [0.717, 1.165) is 24.3 Å². The van der Waals surface area contributed by atoms with E-state index in [-0.39, 0.29) is 16.3 Å². The number of amides is 1. The van der Waals surface area contributed by atoms with Crippen molar-refractivity contribution in [2.45, 2.75) is 19.4 Å². The van der Waals surface area contributed by atoms with Gasteiger partial charge in [-0.05, 0) is 31.2 Å². The maximum absolute atomic E-state index is 13.7. The predicted molar refractivity (Wildman–Crippen MR) is 92.4 cm³/mol. The van der Waals surface area contributed by atoms with Crippen molar-refractivity contribution in [2.24, 2.45) is 0 Å². The van der Waals surface area contributed by atoms with Crippen LogP contribution in [-0.2, 0) is 20.7 Å². The maximum Gasteiger partial charge on any atom is 0.311 e. The third-order valence-electron chi connectivity index (χ3n) is 3.47. The summed E-state index contributed by atoms with van der Waals surface area (Å²) in [6, 6.07) is 6.70. The van der Waals surface area contributed by atoms with Crippen molar-refractivity contribution in [1.29, 1.82) is 0 Å². The summed E-state index contributed by atoms with van der Waals surface area (Å²) in [7, 11) is 0. The molecule has 27 heavy (non-hydrogen) atoms. The van der Waals surface area contributed by atoms with Crippen molar-refractivity contribution in [3.8, 4) is 0 Å². The van der Waals surface area contributed by atoms with Crippen LogP contribution in [0.4, 0.5) is 20.2 Å². The topological polar surface area (TPSA) is 98.5 Å². The predicted octanol–water partition coefficient (Wildman–Crippen LogP) is 3.64. The minimum atomic E-state index is -1.29. The highest BCUT2D eigenvalue weighted by Gasteiger charge is 2.21. The molecule has 2 aromatic rings. The Labute approximate surface area is 157 Å². The molecule has 1 amide bonds. The van der Waals surface area contributed by atoms with Gasteiger partial charge < -0.3 is 10.1 Å². The van der Waals surface area contributed by atoms with E-state index in [0.29, 0.717) is 0 Å². The molecule has 0 bridgehead atoms. The van der Waals surface area contributed by atoms with Gasteiger partial charge in [0.25, 0.3) is 5.91 Å². The molecule has 2 aromatic carbocycles. The number of anilines is 1. The minimum absolute atomic E-state index is 0.0441. The molecule has 0 saturated carbocycles. The van der Waals surface area contributed by atoms with Crippen molar-refractivity contribution >= 4 is 34.9 Å². The second-order valence-electron chi connectivity index (χ2n) is 5.42. The Morgan fingerprint density at radius 2 is 1.96 bits per heavy atom. The van der Waals surface area contributed by atoms with Crippen molar-refractivity contribution in [1.82, 2.24) is 0 Å². The third kappa shape index (κ3) is 5.20. The summed E-state index contributed by atoms with van der Waals surface area (Å²) in [6.45, 7) is 1.26. The van der Waals surface area contributed by atoms with Crippen LogP contribution in [0, 0.1) is 21.7 Å². The largest absolute Gasteiger partial charge is 0.452 e.